The first kappa shape index (κ1) is 16.5. The van der Waals surface area contributed by atoms with E-state index in [0.717, 1.165) is 29.7 Å². The summed E-state index contributed by atoms with van der Waals surface area (Å²) in [7, 11) is 2.03. The van der Waals surface area contributed by atoms with Gasteiger partial charge in [-0.2, -0.15) is 0 Å². The summed E-state index contributed by atoms with van der Waals surface area (Å²) < 4.78 is 0.949. The quantitative estimate of drug-likeness (QED) is 0.832. The van der Waals surface area contributed by atoms with E-state index in [1.165, 1.54) is 0 Å². The van der Waals surface area contributed by atoms with Crippen LogP contribution in [0, 0.1) is 0 Å². The Bertz CT molecular complexity index is 611. The monoisotopic (exact) mass is 361 g/mol. The van der Waals surface area contributed by atoms with Crippen LogP contribution in [0.4, 0.5) is 11.5 Å². The zero-order valence-electron chi connectivity index (χ0n) is 12.8. The smallest absolute Gasteiger partial charge is 0.255 e. The lowest BCUT2D eigenvalue weighted by Crippen LogP contribution is -2.19. The zero-order valence-corrected chi connectivity index (χ0v) is 14.4. The molecule has 5 heteroatoms. The first-order valence-electron chi connectivity index (χ1n) is 7.34. The summed E-state index contributed by atoms with van der Waals surface area (Å²) in [5, 5.41) is 2.85. The van der Waals surface area contributed by atoms with Crippen LogP contribution in [0.3, 0.4) is 0 Å². The summed E-state index contributed by atoms with van der Waals surface area (Å²) in [6.45, 7) is 3.15. The van der Waals surface area contributed by atoms with Gasteiger partial charge in [-0.05, 0) is 42.8 Å². The molecule has 0 aliphatic carbocycles. The van der Waals surface area contributed by atoms with Gasteiger partial charge in [0, 0.05) is 23.6 Å². The number of nitrogens with one attached hydrogen (secondary N) is 1. The highest BCUT2D eigenvalue weighted by molar-refractivity contribution is 9.10. The van der Waals surface area contributed by atoms with Crippen LogP contribution in [-0.2, 0) is 0 Å². The van der Waals surface area contributed by atoms with Gasteiger partial charge in [0.25, 0.3) is 5.91 Å². The van der Waals surface area contributed by atoms with E-state index in [4.69, 9.17) is 0 Å². The highest BCUT2D eigenvalue weighted by Gasteiger charge is 2.07. The van der Waals surface area contributed by atoms with Crippen molar-refractivity contribution in [2.24, 2.45) is 0 Å². The maximum absolute atomic E-state index is 12.1. The Balaban J connectivity index is 1.98. The Kier molecular flexibility index (Phi) is 5.95. The van der Waals surface area contributed by atoms with Crippen LogP contribution in [0.1, 0.15) is 30.1 Å². The number of nitrogens with zero attached hydrogens (tertiary/aromatic N) is 2. The normalized spacial score (nSPS) is 10.3. The number of carbonyl (C=O) groups excluding carboxylic acids is 1. The zero-order chi connectivity index (χ0) is 15.9. The average molecular weight is 362 g/mol. The van der Waals surface area contributed by atoms with E-state index in [2.05, 4.69) is 38.1 Å². The number of halogens is 1. The molecule has 1 heterocycles. The molecule has 0 saturated carbocycles. The molecule has 0 saturated heterocycles. The minimum atomic E-state index is -0.138. The molecular formula is C17H20BrN3O. The number of rotatable bonds is 6. The third kappa shape index (κ3) is 4.56. The molecule has 0 aliphatic heterocycles. The number of anilines is 2. The molecule has 1 aromatic carbocycles. The molecule has 0 aliphatic rings. The molecule has 116 valence electrons. The van der Waals surface area contributed by atoms with E-state index in [1.807, 2.05) is 31.3 Å². The number of benzene rings is 1. The minimum absolute atomic E-state index is 0.138. The number of hydrogen-bond donors (Lipinski definition) is 1. The predicted molar refractivity (Wildman–Crippen MR) is 94.5 cm³/mol. The number of pyridine rings is 1. The number of hydrogen-bond acceptors (Lipinski definition) is 3. The van der Waals surface area contributed by atoms with Crippen LogP contribution in [0.2, 0.25) is 0 Å². The molecule has 1 aromatic heterocycles. The number of aromatic nitrogens is 1. The number of carbonyl (C=O) groups is 1. The lowest BCUT2D eigenvalue weighted by Gasteiger charge is -2.17. The molecule has 4 nitrogen and oxygen atoms in total. The Morgan fingerprint density at radius 2 is 1.95 bits per heavy atom. The van der Waals surface area contributed by atoms with Crippen molar-refractivity contribution in [3.8, 4) is 0 Å². The van der Waals surface area contributed by atoms with Crippen LogP contribution in [-0.4, -0.2) is 24.5 Å². The fraction of sp³-hybridized carbons (Fsp3) is 0.294. The van der Waals surface area contributed by atoms with E-state index >= 15 is 0 Å². The molecule has 2 aromatic rings. The van der Waals surface area contributed by atoms with Gasteiger partial charge in [-0.1, -0.05) is 29.3 Å². The summed E-state index contributed by atoms with van der Waals surface area (Å²) in [5.74, 6) is 0.775. The van der Waals surface area contributed by atoms with Gasteiger partial charge in [-0.3, -0.25) is 4.79 Å². The van der Waals surface area contributed by atoms with Crippen LogP contribution in [0.5, 0.6) is 0 Å². The maximum Gasteiger partial charge on any atom is 0.255 e. The first-order chi connectivity index (χ1) is 10.6. The topological polar surface area (TPSA) is 45.2 Å². The Morgan fingerprint density at radius 1 is 1.23 bits per heavy atom. The van der Waals surface area contributed by atoms with Crippen LogP contribution < -0.4 is 10.2 Å². The summed E-state index contributed by atoms with van der Waals surface area (Å²) in [4.78, 5) is 18.6. The second-order valence-electron chi connectivity index (χ2n) is 5.14. The third-order valence-corrected chi connectivity index (χ3v) is 3.88. The van der Waals surface area contributed by atoms with Gasteiger partial charge in [0.2, 0.25) is 0 Å². The molecule has 0 spiro atoms. The SMILES string of the molecule is CCCCN(C)c1ccc(NC(=O)c2ccc(Br)cc2)cn1. The van der Waals surface area contributed by atoms with E-state index in [9.17, 15) is 4.79 Å². The number of unbranched alkanes of at least 4 members (excludes halogenated alkanes) is 1. The Morgan fingerprint density at radius 3 is 2.55 bits per heavy atom. The molecule has 0 bridgehead atoms. The van der Waals surface area contributed by atoms with Gasteiger partial charge in [0.1, 0.15) is 5.82 Å². The highest BCUT2D eigenvalue weighted by Crippen LogP contribution is 2.15. The lowest BCUT2D eigenvalue weighted by atomic mass is 10.2. The van der Waals surface area contributed by atoms with Crippen molar-refractivity contribution in [2.75, 3.05) is 23.8 Å². The Labute approximate surface area is 139 Å². The molecular weight excluding hydrogens is 342 g/mol. The molecule has 1 N–H and O–H groups in total. The predicted octanol–water partition coefficient (Wildman–Crippen LogP) is 4.33. The highest BCUT2D eigenvalue weighted by atomic mass is 79.9. The summed E-state index contributed by atoms with van der Waals surface area (Å²) in [6, 6.07) is 11.0. The van der Waals surface area contributed by atoms with Gasteiger partial charge < -0.3 is 10.2 Å². The summed E-state index contributed by atoms with van der Waals surface area (Å²) in [6.07, 6.45) is 3.99. The summed E-state index contributed by atoms with van der Waals surface area (Å²) in [5.41, 5.74) is 1.31. The molecule has 2 rings (SSSR count). The van der Waals surface area contributed by atoms with Crippen molar-refractivity contribution in [1.29, 1.82) is 0 Å². The van der Waals surface area contributed by atoms with Gasteiger partial charge in [0.05, 0.1) is 11.9 Å². The molecule has 22 heavy (non-hydrogen) atoms. The van der Waals surface area contributed by atoms with Gasteiger partial charge >= 0.3 is 0 Å². The largest absolute Gasteiger partial charge is 0.360 e. The van der Waals surface area contributed by atoms with Crippen LogP contribution >= 0.6 is 15.9 Å². The average Bonchev–Trinajstić information content (AvgIpc) is 2.54. The molecule has 0 radical (unpaired) electrons. The second-order valence-corrected chi connectivity index (χ2v) is 6.06. The van der Waals surface area contributed by atoms with Gasteiger partial charge in [0.15, 0.2) is 0 Å². The van der Waals surface area contributed by atoms with Crippen molar-refractivity contribution < 1.29 is 4.79 Å². The lowest BCUT2D eigenvalue weighted by molar-refractivity contribution is 0.102. The minimum Gasteiger partial charge on any atom is -0.360 e. The van der Waals surface area contributed by atoms with E-state index < -0.39 is 0 Å². The van der Waals surface area contributed by atoms with E-state index in [1.54, 1.807) is 18.3 Å². The Hall–Kier alpha value is -1.88. The van der Waals surface area contributed by atoms with Gasteiger partial charge in [-0.15, -0.1) is 0 Å². The van der Waals surface area contributed by atoms with Crippen LogP contribution in [0.15, 0.2) is 47.1 Å². The van der Waals surface area contributed by atoms with Crippen molar-refractivity contribution in [1.82, 2.24) is 4.98 Å². The molecule has 0 fully saturated rings. The molecule has 0 atom stereocenters. The standard InChI is InChI=1S/C17H20BrN3O/c1-3-4-11-21(2)16-10-9-15(12-19-16)20-17(22)13-5-7-14(18)8-6-13/h5-10,12H,3-4,11H2,1-2H3,(H,20,22). The van der Waals surface area contributed by atoms with Crippen LogP contribution in [0.25, 0.3) is 0 Å². The van der Waals surface area contributed by atoms with Gasteiger partial charge in [-0.25, -0.2) is 4.98 Å². The second kappa shape index (κ2) is 7.94. The molecule has 0 unspecified atom stereocenters. The maximum atomic E-state index is 12.1. The van der Waals surface area contributed by atoms with Crippen molar-refractivity contribution in [3.05, 3.63) is 52.6 Å². The fourth-order valence-electron chi connectivity index (χ4n) is 2.00. The first-order valence-corrected chi connectivity index (χ1v) is 8.13. The van der Waals surface area contributed by atoms with Crippen molar-refractivity contribution in [3.63, 3.8) is 0 Å². The third-order valence-electron chi connectivity index (χ3n) is 3.35. The van der Waals surface area contributed by atoms with Crippen molar-refractivity contribution in [2.45, 2.75) is 19.8 Å². The van der Waals surface area contributed by atoms with E-state index in [0.29, 0.717) is 11.3 Å². The number of amides is 1. The summed E-state index contributed by atoms with van der Waals surface area (Å²) >= 11 is 3.35. The van der Waals surface area contributed by atoms with E-state index in [-0.39, 0.29) is 5.91 Å². The van der Waals surface area contributed by atoms with Crippen molar-refractivity contribution >= 4 is 33.3 Å². The molecule has 1 amide bonds. The fourth-order valence-corrected chi connectivity index (χ4v) is 2.26.